The van der Waals surface area contributed by atoms with E-state index in [0.717, 1.165) is 12.1 Å². The molecule has 0 spiro atoms. The molecule has 18 heavy (non-hydrogen) atoms. The van der Waals surface area contributed by atoms with Crippen molar-refractivity contribution in [3.8, 4) is 11.3 Å². The topological polar surface area (TPSA) is 43.8 Å². The summed E-state index contributed by atoms with van der Waals surface area (Å²) in [6.45, 7) is 2.53. The molecule has 3 nitrogen and oxygen atoms in total. The first kappa shape index (κ1) is 12.5. The van der Waals surface area contributed by atoms with Crippen LogP contribution in [0.15, 0.2) is 30.5 Å². The number of nitrogens with two attached hydrogens (primary N) is 1. The molecule has 0 aliphatic heterocycles. The summed E-state index contributed by atoms with van der Waals surface area (Å²) in [7, 11) is 0. The van der Waals surface area contributed by atoms with Crippen LogP contribution < -0.4 is 5.73 Å². The molecule has 0 saturated carbocycles. The Morgan fingerprint density at radius 1 is 1.28 bits per heavy atom. The van der Waals surface area contributed by atoms with Crippen molar-refractivity contribution in [1.82, 2.24) is 9.78 Å². The molecule has 96 valence electrons. The van der Waals surface area contributed by atoms with Gasteiger partial charge in [0.15, 0.2) is 0 Å². The lowest BCUT2D eigenvalue weighted by Gasteiger charge is -2.11. The van der Waals surface area contributed by atoms with E-state index in [9.17, 15) is 13.2 Å². The van der Waals surface area contributed by atoms with Crippen LogP contribution in [0.5, 0.6) is 0 Å². The van der Waals surface area contributed by atoms with Crippen molar-refractivity contribution in [2.24, 2.45) is 0 Å². The molecule has 2 aromatic rings. The van der Waals surface area contributed by atoms with E-state index < -0.39 is 11.7 Å². The van der Waals surface area contributed by atoms with Crippen molar-refractivity contribution in [1.29, 1.82) is 0 Å². The Hall–Kier alpha value is -1.98. The number of nitrogen functional groups attached to an aromatic ring is 1. The van der Waals surface area contributed by atoms with Crippen molar-refractivity contribution in [3.05, 3.63) is 36.0 Å². The van der Waals surface area contributed by atoms with Crippen molar-refractivity contribution in [3.63, 3.8) is 0 Å². The van der Waals surface area contributed by atoms with Gasteiger partial charge in [-0.25, -0.2) is 0 Å². The van der Waals surface area contributed by atoms with Gasteiger partial charge in [-0.3, -0.25) is 4.68 Å². The van der Waals surface area contributed by atoms with Crippen LogP contribution in [0.3, 0.4) is 0 Å². The molecule has 0 aliphatic carbocycles. The lowest BCUT2D eigenvalue weighted by atomic mass is 10.1. The first-order chi connectivity index (χ1) is 8.43. The van der Waals surface area contributed by atoms with Gasteiger partial charge >= 0.3 is 6.18 Å². The minimum Gasteiger partial charge on any atom is -0.398 e. The number of alkyl halides is 3. The van der Waals surface area contributed by atoms with Crippen molar-refractivity contribution in [2.45, 2.75) is 19.6 Å². The minimum absolute atomic E-state index is 0.0972. The van der Waals surface area contributed by atoms with Gasteiger partial charge in [0, 0.05) is 24.0 Å². The van der Waals surface area contributed by atoms with Crippen LogP contribution >= 0.6 is 0 Å². The number of aromatic nitrogens is 2. The van der Waals surface area contributed by atoms with E-state index in [1.165, 1.54) is 6.07 Å². The molecule has 0 unspecified atom stereocenters. The third kappa shape index (κ3) is 2.18. The molecule has 0 aliphatic rings. The van der Waals surface area contributed by atoms with Gasteiger partial charge in [-0.1, -0.05) is 6.07 Å². The Bertz CT molecular complexity index is 558. The highest BCUT2D eigenvalue weighted by Gasteiger charge is 2.31. The van der Waals surface area contributed by atoms with Gasteiger partial charge in [-0.2, -0.15) is 18.3 Å². The molecule has 0 amide bonds. The van der Waals surface area contributed by atoms with Gasteiger partial charge in [0.25, 0.3) is 0 Å². The largest absolute Gasteiger partial charge is 0.416 e. The molecule has 1 aromatic carbocycles. The number of hydrogen-bond donors (Lipinski definition) is 1. The van der Waals surface area contributed by atoms with E-state index in [-0.39, 0.29) is 5.69 Å². The third-order valence-electron chi connectivity index (χ3n) is 2.67. The summed E-state index contributed by atoms with van der Waals surface area (Å²) >= 11 is 0. The number of nitrogens with zero attached hydrogens (tertiary/aromatic N) is 2. The zero-order chi connectivity index (χ0) is 13.3. The molecular weight excluding hydrogens is 243 g/mol. The van der Waals surface area contributed by atoms with Gasteiger partial charge in [-0.15, -0.1) is 0 Å². The second-order valence-electron chi connectivity index (χ2n) is 3.83. The molecule has 0 saturated heterocycles. The number of halogens is 3. The quantitative estimate of drug-likeness (QED) is 0.837. The van der Waals surface area contributed by atoms with E-state index in [1.54, 1.807) is 16.9 Å². The van der Waals surface area contributed by atoms with Crippen LogP contribution in [0.2, 0.25) is 0 Å². The predicted octanol–water partition coefficient (Wildman–Crippen LogP) is 3.17. The van der Waals surface area contributed by atoms with Crippen molar-refractivity contribution < 1.29 is 13.2 Å². The normalized spacial score (nSPS) is 11.8. The average Bonchev–Trinajstić information content (AvgIpc) is 2.75. The molecule has 2 N–H and O–H groups in total. The fourth-order valence-electron chi connectivity index (χ4n) is 1.79. The number of anilines is 1. The van der Waals surface area contributed by atoms with Crippen LogP contribution in [0.4, 0.5) is 18.9 Å². The highest BCUT2D eigenvalue weighted by molar-refractivity contribution is 5.74. The van der Waals surface area contributed by atoms with Crippen LogP contribution in [0.25, 0.3) is 11.3 Å². The van der Waals surface area contributed by atoms with Crippen LogP contribution in [-0.4, -0.2) is 9.78 Å². The van der Waals surface area contributed by atoms with Gasteiger partial charge < -0.3 is 5.73 Å². The fourth-order valence-corrected chi connectivity index (χ4v) is 1.79. The van der Waals surface area contributed by atoms with E-state index in [4.69, 9.17) is 5.73 Å². The van der Waals surface area contributed by atoms with Gasteiger partial charge in [0.05, 0.1) is 11.3 Å². The average molecular weight is 255 g/mol. The summed E-state index contributed by atoms with van der Waals surface area (Å²) in [6.07, 6.45) is -2.78. The van der Waals surface area contributed by atoms with E-state index >= 15 is 0 Å². The Kier molecular flexibility index (Phi) is 3.02. The summed E-state index contributed by atoms with van der Waals surface area (Å²) < 4.78 is 39.2. The van der Waals surface area contributed by atoms with Gasteiger partial charge in [-0.05, 0) is 25.1 Å². The first-order valence-corrected chi connectivity index (χ1v) is 5.42. The molecule has 0 atom stereocenters. The fraction of sp³-hybridized carbons (Fsp3) is 0.250. The van der Waals surface area contributed by atoms with Crippen molar-refractivity contribution in [2.75, 3.05) is 5.73 Å². The Morgan fingerprint density at radius 2 is 2.00 bits per heavy atom. The van der Waals surface area contributed by atoms with Crippen LogP contribution in [-0.2, 0) is 12.7 Å². The Morgan fingerprint density at radius 3 is 2.56 bits per heavy atom. The second-order valence-corrected chi connectivity index (χ2v) is 3.83. The summed E-state index contributed by atoms with van der Waals surface area (Å²) in [5.74, 6) is 0. The van der Waals surface area contributed by atoms with Crippen LogP contribution in [0.1, 0.15) is 12.5 Å². The molecule has 2 rings (SSSR count). The van der Waals surface area contributed by atoms with E-state index in [0.29, 0.717) is 17.8 Å². The predicted molar refractivity (Wildman–Crippen MR) is 62.8 cm³/mol. The molecular formula is C12H12F3N3. The molecule has 1 heterocycles. The van der Waals surface area contributed by atoms with E-state index in [2.05, 4.69) is 5.10 Å². The maximum Gasteiger partial charge on any atom is 0.416 e. The molecule has 0 bridgehead atoms. The Balaban J connectivity index is 2.48. The van der Waals surface area contributed by atoms with Crippen molar-refractivity contribution >= 4 is 5.69 Å². The standard InChI is InChI=1S/C12H12F3N3/c1-2-18-11(5-6-17-18)9-4-3-8(7-10(9)16)12(13,14)15/h3-7H,2,16H2,1H3. The summed E-state index contributed by atoms with van der Waals surface area (Å²) in [4.78, 5) is 0. The number of benzene rings is 1. The summed E-state index contributed by atoms with van der Waals surface area (Å²) in [5.41, 5.74) is 6.31. The second kappa shape index (κ2) is 4.36. The number of hydrogen-bond acceptors (Lipinski definition) is 2. The molecule has 0 fully saturated rings. The zero-order valence-corrected chi connectivity index (χ0v) is 9.70. The third-order valence-corrected chi connectivity index (χ3v) is 2.67. The SMILES string of the molecule is CCn1nccc1-c1ccc(C(F)(F)F)cc1N. The summed E-state index contributed by atoms with van der Waals surface area (Å²) in [5, 5.41) is 4.06. The monoisotopic (exact) mass is 255 g/mol. The number of rotatable bonds is 2. The van der Waals surface area contributed by atoms with Gasteiger partial charge in [0.2, 0.25) is 0 Å². The molecule has 1 aromatic heterocycles. The van der Waals surface area contributed by atoms with Gasteiger partial charge in [0.1, 0.15) is 0 Å². The lowest BCUT2D eigenvalue weighted by Crippen LogP contribution is -2.07. The maximum absolute atomic E-state index is 12.5. The molecule has 6 heteroatoms. The maximum atomic E-state index is 12.5. The highest BCUT2D eigenvalue weighted by Crippen LogP contribution is 2.34. The zero-order valence-electron chi connectivity index (χ0n) is 9.70. The summed E-state index contributed by atoms with van der Waals surface area (Å²) in [6, 6.07) is 5.07. The number of aryl methyl sites for hydroxylation is 1. The minimum atomic E-state index is -4.38. The van der Waals surface area contributed by atoms with Crippen LogP contribution in [0, 0.1) is 0 Å². The highest BCUT2D eigenvalue weighted by atomic mass is 19.4. The first-order valence-electron chi connectivity index (χ1n) is 5.42. The van der Waals surface area contributed by atoms with E-state index in [1.807, 2.05) is 6.92 Å². The lowest BCUT2D eigenvalue weighted by molar-refractivity contribution is -0.137. The smallest absolute Gasteiger partial charge is 0.398 e. The Labute approximate surface area is 102 Å². The molecule has 0 radical (unpaired) electrons.